The van der Waals surface area contributed by atoms with Crippen LogP contribution in [-0.4, -0.2) is 77.3 Å². The first kappa shape index (κ1) is 30.8. The van der Waals surface area contributed by atoms with Crippen LogP contribution in [0.4, 0.5) is 11.6 Å². The molecule has 3 N–H and O–H groups in total. The fourth-order valence-electron chi connectivity index (χ4n) is 4.81. The first-order chi connectivity index (χ1) is 20.5. The lowest BCUT2D eigenvalue weighted by Crippen LogP contribution is -2.35. The molecule has 1 aliphatic rings. The van der Waals surface area contributed by atoms with Gasteiger partial charge in [-0.05, 0) is 43.2 Å². The molecule has 5 rings (SSSR count). The molecule has 0 saturated heterocycles. The Morgan fingerprint density at radius 2 is 1.98 bits per heavy atom. The number of nitrogens with one attached hydrogen (secondary N) is 1. The lowest BCUT2D eigenvalue weighted by atomic mass is 9.94. The molecule has 3 atom stereocenters. The molecule has 3 heterocycles. The molecule has 2 unspecified atom stereocenters. The fraction of sp³-hybridized carbons (Fsp3) is 0.481. The Hall–Kier alpha value is -3.66. The zero-order chi connectivity index (χ0) is 30.8. The second kappa shape index (κ2) is 12.5. The van der Waals surface area contributed by atoms with Gasteiger partial charge in [0.1, 0.15) is 5.82 Å². The lowest BCUT2D eigenvalue weighted by molar-refractivity contribution is 0.204. The summed E-state index contributed by atoms with van der Waals surface area (Å²) in [5, 5.41) is 22.3. The Bertz CT molecular complexity index is 1630. The van der Waals surface area contributed by atoms with Crippen molar-refractivity contribution < 1.29 is 17.6 Å². The van der Waals surface area contributed by atoms with E-state index in [9.17, 15) is 8.42 Å². The Morgan fingerprint density at radius 1 is 1.23 bits per heavy atom. The van der Waals surface area contributed by atoms with Gasteiger partial charge in [-0.15, -0.1) is 20.4 Å². The second-order valence-corrected chi connectivity index (χ2v) is 13.5. The summed E-state index contributed by atoms with van der Waals surface area (Å²) in [7, 11) is -2.29. The molecule has 14 nitrogen and oxygen atoms in total. The van der Waals surface area contributed by atoms with Crippen molar-refractivity contribution in [2.24, 2.45) is 17.6 Å². The van der Waals surface area contributed by atoms with E-state index < -0.39 is 15.6 Å². The van der Waals surface area contributed by atoms with E-state index in [0.29, 0.717) is 49.3 Å². The molecule has 1 aliphatic carbocycles. The molecule has 230 valence electrons. The number of aromatic amines is 1. The van der Waals surface area contributed by atoms with Crippen LogP contribution < -0.4 is 14.9 Å². The van der Waals surface area contributed by atoms with E-state index in [0.717, 1.165) is 22.5 Å². The third-order valence-electron chi connectivity index (χ3n) is 7.42. The molecule has 3 aromatic heterocycles. The van der Waals surface area contributed by atoms with Gasteiger partial charge >= 0.3 is 0 Å². The number of anilines is 2. The Kier molecular flexibility index (Phi) is 8.96. The van der Waals surface area contributed by atoms with Crippen LogP contribution in [0.3, 0.4) is 0 Å². The number of methoxy groups -OCH3 is 1. The maximum absolute atomic E-state index is 13.1. The number of hydrogen-bond acceptors (Lipinski definition) is 12. The van der Waals surface area contributed by atoms with Crippen molar-refractivity contribution in [3.8, 4) is 11.5 Å². The minimum Gasteiger partial charge on any atom is -0.419 e. The van der Waals surface area contributed by atoms with Gasteiger partial charge in [-0.2, -0.15) is 5.21 Å². The summed E-state index contributed by atoms with van der Waals surface area (Å²) in [5.74, 6) is 1.91. The highest BCUT2D eigenvalue weighted by Gasteiger charge is 2.36. The molecule has 1 fully saturated rings. The van der Waals surface area contributed by atoms with E-state index in [4.69, 9.17) is 31.5 Å². The maximum atomic E-state index is 13.1. The van der Waals surface area contributed by atoms with Crippen LogP contribution in [0.5, 0.6) is 0 Å². The quantitative estimate of drug-likeness (QED) is 0.208. The number of halogens is 1. The molecule has 4 aromatic rings. The van der Waals surface area contributed by atoms with Crippen LogP contribution in [0.15, 0.2) is 40.8 Å². The minimum absolute atomic E-state index is 0.00105. The topological polar surface area (TPSA) is 182 Å². The number of ether oxygens (including phenoxy) is 1. The molecule has 0 amide bonds. The number of tetrazole rings is 1. The Balaban J connectivity index is 1.60. The third kappa shape index (κ3) is 7.29. The monoisotopic (exact) mass is 630 g/mol. The van der Waals surface area contributed by atoms with E-state index in [-0.39, 0.29) is 35.0 Å². The molecule has 0 aliphatic heterocycles. The van der Waals surface area contributed by atoms with E-state index >= 15 is 0 Å². The van der Waals surface area contributed by atoms with Gasteiger partial charge in [-0.1, -0.05) is 54.1 Å². The van der Waals surface area contributed by atoms with Gasteiger partial charge in [0.25, 0.3) is 0 Å². The van der Waals surface area contributed by atoms with Crippen molar-refractivity contribution in [1.29, 1.82) is 0 Å². The van der Waals surface area contributed by atoms with Gasteiger partial charge in [0.15, 0.2) is 11.6 Å². The van der Waals surface area contributed by atoms with Crippen molar-refractivity contribution in [3.63, 3.8) is 0 Å². The molecule has 43 heavy (non-hydrogen) atoms. The van der Waals surface area contributed by atoms with Crippen LogP contribution in [0.25, 0.3) is 11.5 Å². The molecule has 16 heteroatoms. The molecule has 1 aromatic carbocycles. The number of rotatable bonds is 14. The molecular weight excluding hydrogens is 596 g/mol. The van der Waals surface area contributed by atoms with Crippen LogP contribution in [0.2, 0.25) is 5.02 Å². The van der Waals surface area contributed by atoms with Crippen LogP contribution >= 0.6 is 11.6 Å². The standard InChI is InChI=1S/C27H35ClN10O4S/c1-17-12-19(17)15-37(10-11-41-3)22-13-20(23(28)24(30-22)38(43(4,39)40)16-21-31-35-36-32-21)25-33-34-26(42-25)27(2,29)14-18-8-6-5-7-9-18/h5-9,13,17,19H,10-12,14-16,29H2,1-4H3,(H,31,32,35,36)/t17?,19?,27-/m1/s1. The van der Waals surface area contributed by atoms with Crippen molar-refractivity contribution in [1.82, 2.24) is 35.8 Å². The maximum Gasteiger partial charge on any atom is 0.249 e. The molecule has 0 spiro atoms. The third-order valence-corrected chi connectivity index (χ3v) is 8.89. The highest BCUT2D eigenvalue weighted by molar-refractivity contribution is 7.92. The zero-order valence-corrected chi connectivity index (χ0v) is 26.0. The lowest BCUT2D eigenvalue weighted by Gasteiger charge is -2.27. The number of pyridine rings is 1. The largest absolute Gasteiger partial charge is 0.419 e. The first-order valence-corrected chi connectivity index (χ1v) is 16.0. The van der Waals surface area contributed by atoms with Gasteiger partial charge in [-0.3, -0.25) is 0 Å². The summed E-state index contributed by atoms with van der Waals surface area (Å²) in [5.41, 5.74) is 6.98. The van der Waals surface area contributed by atoms with Crippen molar-refractivity contribution in [3.05, 3.63) is 58.7 Å². The number of sulfonamides is 1. The average Bonchev–Trinajstić information content (AvgIpc) is 3.34. The molecular formula is C27H35ClN10O4S. The predicted molar refractivity (Wildman–Crippen MR) is 161 cm³/mol. The number of hydrogen-bond donors (Lipinski definition) is 2. The number of aromatic nitrogens is 7. The molecule has 1 saturated carbocycles. The average molecular weight is 631 g/mol. The minimum atomic E-state index is -3.91. The van der Waals surface area contributed by atoms with Crippen LogP contribution in [-0.2, 0) is 33.3 Å². The number of nitrogens with zero attached hydrogens (tertiary/aromatic N) is 8. The van der Waals surface area contributed by atoms with E-state index in [1.165, 1.54) is 0 Å². The number of nitrogens with two attached hydrogens (primary N) is 1. The first-order valence-electron chi connectivity index (χ1n) is 13.8. The van der Waals surface area contributed by atoms with Crippen LogP contribution in [0, 0.1) is 11.8 Å². The fourth-order valence-corrected chi connectivity index (χ4v) is 5.93. The molecule has 0 radical (unpaired) electrons. The SMILES string of the molecule is COCCN(CC1CC1C)c1cc(-c2nnc([C@](C)(N)Cc3ccccc3)o2)c(Cl)c(N(Cc2nn[nH]n2)S(C)(=O)=O)n1. The van der Waals surface area contributed by atoms with Crippen LogP contribution in [0.1, 0.15) is 37.5 Å². The number of benzene rings is 1. The highest BCUT2D eigenvalue weighted by Crippen LogP contribution is 2.42. The summed E-state index contributed by atoms with van der Waals surface area (Å²) in [6, 6.07) is 11.5. The molecule has 0 bridgehead atoms. The summed E-state index contributed by atoms with van der Waals surface area (Å²) >= 11 is 6.92. The predicted octanol–water partition coefficient (Wildman–Crippen LogP) is 2.79. The number of H-pyrrole nitrogens is 1. The summed E-state index contributed by atoms with van der Waals surface area (Å²) < 4.78 is 38.7. The highest BCUT2D eigenvalue weighted by atomic mass is 35.5. The van der Waals surface area contributed by atoms with Crippen molar-refractivity contribution in [2.45, 2.75) is 38.8 Å². The summed E-state index contributed by atoms with van der Waals surface area (Å²) in [6.07, 6.45) is 2.60. The summed E-state index contributed by atoms with van der Waals surface area (Å²) in [6.45, 7) is 5.40. The van der Waals surface area contributed by atoms with Gasteiger partial charge < -0.3 is 19.8 Å². The van der Waals surface area contributed by atoms with Gasteiger partial charge in [0.05, 0.1) is 35.5 Å². The Labute approximate surface area is 255 Å². The Morgan fingerprint density at radius 3 is 2.60 bits per heavy atom. The normalized spacial score (nSPS) is 17.9. The summed E-state index contributed by atoms with van der Waals surface area (Å²) in [4.78, 5) is 6.81. The smallest absolute Gasteiger partial charge is 0.249 e. The second-order valence-electron chi connectivity index (χ2n) is 11.2. The van der Waals surface area contributed by atoms with Crippen molar-refractivity contribution >= 4 is 33.3 Å². The van der Waals surface area contributed by atoms with Gasteiger partial charge in [0, 0.05) is 20.2 Å². The van der Waals surface area contributed by atoms with Gasteiger partial charge in [0.2, 0.25) is 21.8 Å². The van der Waals surface area contributed by atoms with E-state index in [1.807, 2.05) is 37.3 Å². The van der Waals surface area contributed by atoms with E-state index in [1.54, 1.807) is 13.2 Å². The van der Waals surface area contributed by atoms with Crippen molar-refractivity contribution in [2.75, 3.05) is 42.3 Å². The zero-order valence-electron chi connectivity index (χ0n) is 24.4. The van der Waals surface area contributed by atoms with Gasteiger partial charge in [-0.25, -0.2) is 17.7 Å². The van der Waals surface area contributed by atoms with E-state index in [2.05, 4.69) is 42.6 Å².